The van der Waals surface area contributed by atoms with Crippen LogP contribution in [0.2, 0.25) is 5.02 Å². The molecular formula is C19H28ClN4O2+. The molecular weight excluding hydrogens is 352 g/mol. The zero-order valence-electron chi connectivity index (χ0n) is 15.8. The summed E-state index contributed by atoms with van der Waals surface area (Å²) in [4.78, 5) is 31.2. The van der Waals surface area contributed by atoms with E-state index in [0.29, 0.717) is 28.3 Å². The molecule has 1 aromatic heterocycles. The summed E-state index contributed by atoms with van der Waals surface area (Å²) in [5.74, 6) is 0.549. The van der Waals surface area contributed by atoms with Gasteiger partial charge in [0.05, 0.1) is 23.5 Å². The van der Waals surface area contributed by atoms with E-state index in [-0.39, 0.29) is 17.5 Å². The average molecular weight is 380 g/mol. The predicted molar refractivity (Wildman–Crippen MR) is 104 cm³/mol. The quantitative estimate of drug-likeness (QED) is 0.714. The molecule has 1 heterocycles. The maximum absolute atomic E-state index is 12.7. The van der Waals surface area contributed by atoms with Crippen molar-refractivity contribution in [2.45, 2.75) is 45.6 Å². The second-order valence-corrected chi connectivity index (χ2v) is 7.09. The second-order valence-electron chi connectivity index (χ2n) is 6.65. The van der Waals surface area contributed by atoms with Gasteiger partial charge in [-0.3, -0.25) is 14.2 Å². The van der Waals surface area contributed by atoms with Gasteiger partial charge in [-0.05, 0) is 44.4 Å². The Bertz CT molecular complexity index is 834. The van der Waals surface area contributed by atoms with Crippen molar-refractivity contribution in [3.63, 3.8) is 0 Å². The van der Waals surface area contributed by atoms with Crippen molar-refractivity contribution in [1.82, 2.24) is 14.5 Å². The number of halogens is 1. The van der Waals surface area contributed by atoms with Crippen LogP contribution >= 0.6 is 11.6 Å². The Labute approximate surface area is 159 Å². The van der Waals surface area contributed by atoms with Crippen LogP contribution in [0.4, 0.5) is 0 Å². The highest BCUT2D eigenvalue weighted by molar-refractivity contribution is 6.31. The maximum Gasteiger partial charge on any atom is 0.261 e. The molecule has 26 heavy (non-hydrogen) atoms. The van der Waals surface area contributed by atoms with Crippen LogP contribution in [0.5, 0.6) is 0 Å². The zero-order chi connectivity index (χ0) is 19.3. The Morgan fingerprint density at radius 3 is 2.65 bits per heavy atom. The highest BCUT2D eigenvalue weighted by atomic mass is 35.5. The fourth-order valence-corrected chi connectivity index (χ4v) is 3.38. The van der Waals surface area contributed by atoms with Gasteiger partial charge in [0, 0.05) is 25.5 Å². The maximum atomic E-state index is 12.7. The van der Waals surface area contributed by atoms with E-state index in [2.05, 4.69) is 10.7 Å². The van der Waals surface area contributed by atoms with E-state index in [4.69, 9.17) is 11.6 Å². The van der Waals surface area contributed by atoms with Crippen molar-refractivity contribution in [2.24, 2.45) is 7.05 Å². The third-order valence-corrected chi connectivity index (χ3v) is 4.95. The van der Waals surface area contributed by atoms with Crippen molar-refractivity contribution in [1.29, 1.82) is 0 Å². The summed E-state index contributed by atoms with van der Waals surface area (Å²) in [5.41, 5.74) is 4.27. The average Bonchev–Trinajstić information content (AvgIpc) is 2.60. The molecule has 0 aliphatic carbocycles. The number of nitrogens with zero attached hydrogens (tertiary/aromatic N) is 3. The molecule has 1 amide bonds. The van der Waals surface area contributed by atoms with E-state index in [9.17, 15) is 9.59 Å². The highest BCUT2D eigenvalue weighted by Crippen LogP contribution is 2.22. The van der Waals surface area contributed by atoms with Crippen molar-refractivity contribution in [3.05, 3.63) is 39.4 Å². The number of aromatic nitrogens is 2. The Hall–Kier alpha value is -1.92. The number of fused-ring (bicyclic) bond motifs is 1. The molecule has 0 radical (unpaired) electrons. The minimum atomic E-state index is -0.290. The number of unbranched alkanes of at least 4 members (excludes halogenated alkanes) is 3. The molecule has 0 bridgehead atoms. The molecule has 0 saturated heterocycles. The third-order valence-electron chi connectivity index (χ3n) is 4.72. The van der Waals surface area contributed by atoms with Crippen molar-refractivity contribution in [2.75, 3.05) is 13.1 Å². The lowest BCUT2D eigenvalue weighted by Gasteiger charge is -2.29. The number of hydrogen-bond donors (Lipinski definition) is 1. The fraction of sp³-hybridized carbons (Fsp3) is 0.526. The van der Waals surface area contributed by atoms with Gasteiger partial charge in [0.15, 0.2) is 0 Å². The zero-order valence-corrected chi connectivity index (χ0v) is 16.6. The van der Waals surface area contributed by atoms with Gasteiger partial charge in [-0.15, -0.1) is 0 Å². The smallest absolute Gasteiger partial charge is 0.261 e. The molecule has 0 aliphatic rings. The number of carbonyl (C=O) groups excluding carboxylic acids is 1. The molecule has 6 nitrogen and oxygen atoms in total. The molecule has 0 unspecified atom stereocenters. The van der Waals surface area contributed by atoms with E-state index in [1.807, 2.05) is 6.92 Å². The van der Waals surface area contributed by atoms with Crippen LogP contribution in [0.25, 0.3) is 10.9 Å². The Morgan fingerprint density at radius 2 is 2.00 bits per heavy atom. The lowest BCUT2D eigenvalue weighted by molar-refractivity contribution is -0.368. The van der Waals surface area contributed by atoms with Crippen molar-refractivity contribution in [3.8, 4) is 0 Å². The largest absolute Gasteiger partial charge is 0.358 e. The summed E-state index contributed by atoms with van der Waals surface area (Å²) in [6.07, 6.45) is 4.22. The third kappa shape index (κ3) is 4.62. The molecule has 1 aromatic carbocycles. The molecule has 2 aromatic rings. The van der Waals surface area contributed by atoms with E-state index < -0.39 is 0 Å². The first-order valence-corrected chi connectivity index (χ1v) is 9.47. The van der Waals surface area contributed by atoms with Crippen LogP contribution in [0.1, 0.15) is 51.4 Å². The highest BCUT2D eigenvalue weighted by Gasteiger charge is 2.22. The first-order valence-electron chi connectivity index (χ1n) is 9.09. The molecule has 0 saturated carbocycles. The van der Waals surface area contributed by atoms with E-state index >= 15 is 0 Å². The van der Waals surface area contributed by atoms with E-state index in [0.717, 1.165) is 32.2 Å². The van der Waals surface area contributed by atoms with Crippen LogP contribution in [-0.2, 0) is 11.8 Å². The number of hydrogen-bond acceptors (Lipinski definition) is 3. The summed E-state index contributed by atoms with van der Waals surface area (Å²) in [7, 11) is 1.70. The van der Waals surface area contributed by atoms with Crippen LogP contribution in [-0.4, -0.2) is 33.4 Å². The molecule has 7 heteroatoms. The number of quaternary nitrogens is 1. The van der Waals surface area contributed by atoms with Crippen molar-refractivity contribution >= 4 is 28.4 Å². The standard InChI is InChI=1S/C19H27ClN4O2/c1-13(24(14(2)25)11-7-5-4-6-10-21)18-22-17-12-15(20)8-9-16(17)19(26)23(18)3/h8-9,12-13H,4-7,10-11,21H2,1-3H3/p+1/t13-/m1/s1. The molecule has 2 rings (SSSR count). The van der Waals surface area contributed by atoms with Gasteiger partial charge >= 0.3 is 0 Å². The predicted octanol–water partition coefficient (Wildman–Crippen LogP) is 2.30. The normalized spacial score (nSPS) is 12.3. The van der Waals surface area contributed by atoms with Gasteiger partial charge in [-0.2, -0.15) is 0 Å². The number of amides is 1. The van der Waals surface area contributed by atoms with Crippen molar-refractivity contribution < 1.29 is 10.5 Å². The molecule has 142 valence electrons. The lowest BCUT2D eigenvalue weighted by Crippen LogP contribution is -2.50. The first kappa shape index (κ1) is 20.4. The van der Waals surface area contributed by atoms with Gasteiger partial charge in [-0.1, -0.05) is 18.0 Å². The van der Waals surface area contributed by atoms with E-state index in [1.165, 1.54) is 4.57 Å². The number of benzene rings is 1. The number of rotatable bonds is 8. The Kier molecular flexibility index (Phi) is 7.17. The summed E-state index contributed by atoms with van der Waals surface area (Å²) in [6, 6.07) is 4.77. The summed E-state index contributed by atoms with van der Waals surface area (Å²) < 4.78 is 1.53. The second kappa shape index (κ2) is 9.14. The van der Waals surface area contributed by atoms with Crippen LogP contribution in [0, 0.1) is 0 Å². The van der Waals surface area contributed by atoms with Gasteiger partial charge in [-0.25, -0.2) is 4.98 Å². The SMILES string of the molecule is CC(=O)N(CCCCCC[NH3+])[C@H](C)c1nc2cc(Cl)ccc2c(=O)n1C. The minimum absolute atomic E-state index is 0.0184. The fourth-order valence-electron chi connectivity index (χ4n) is 3.21. The minimum Gasteiger partial charge on any atom is -0.358 e. The summed E-state index contributed by atoms with van der Waals surface area (Å²) in [5, 5.41) is 1.06. The van der Waals surface area contributed by atoms with Crippen LogP contribution < -0.4 is 11.3 Å². The van der Waals surface area contributed by atoms with Crippen LogP contribution in [0.3, 0.4) is 0 Å². The monoisotopic (exact) mass is 379 g/mol. The summed E-state index contributed by atoms with van der Waals surface area (Å²) >= 11 is 6.05. The number of carbonyl (C=O) groups is 1. The summed E-state index contributed by atoms with van der Waals surface area (Å²) in [6.45, 7) is 5.06. The topological polar surface area (TPSA) is 82.8 Å². The Balaban J connectivity index is 2.30. The molecule has 1 atom stereocenters. The van der Waals surface area contributed by atoms with Crippen LogP contribution in [0.15, 0.2) is 23.0 Å². The lowest BCUT2D eigenvalue weighted by atomic mass is 10.1. The first-order chi connectivity index (χ1) is 12.4. The molecule has 0 fully saturated rings. The van der Waals surface area contributed by atoms with Gasteiger partial charge in [0.1, 0.15) is 5.82 Å². The van der Waals surface area contributed by atoms with E-state index in [1.54, 1.807) is 37.1 Å². The van der Waals surface area contributed by atoms with Gasteiger partial charge < -0.3 is 10.6 Å². The molecule has 3 N–H and O–H groups in total. The van der Waals surface area contributed by atoms with Gasteiger partial charge in [0.25, 0.3) is 5.56 Å². The molecule has 0 aliphatic heterocycles. The Morgan fingerprint density at radius 1 is 1.31 bits per heavy atom. The van der Waals surface area contributed by atoms with Gasteiger partial charge in [0.2, 0.25) is 5.91 Å². The molecule has 0 spiro atoms.